The molecule has 94 valence electrons. The molecule has 0 atom stereocenters. The Hall–Kier alpha value is -1.02. The van der Waals surface area contributed by atoms with Gasteiger partial charge in [0.2, 0.25) is 0 Å². The number of hydrogen-bond acceptors (Lipinski definition) is 2. The predicted octanol–water partition coefficient (Wildman–Crippen LogP) is 2.95. The van der Waals surface area contributed by atoms with Gasteiger partial charge in [-0.1, -0.05) is 19.1 Å². The predicted molar refractivity (Wildman–Crippen MR) is 74.4 cm³/mol. The van der Waals surface area contributed by atoms with Gasteiger partial charge in [-0.25, -0.2) is 0 Å². The van der Waals surface area contributed by atoms with Crippen LogP contribution < -0.4 is 10.6 Å². The highest BCUT2D eigenvalue weighted by Crippen LogP contribution is 2.43. The molecule has 1 aliphatic rings. The smallest absolute Gasteiger partial charge is 0.0529 e. The van der Waals surface area contributed by atoms with Crippen LogP contribution in [0.5, 0.6) is 0 Å². The van der Waals surface area contributed by atoms with E-state index < -0.39 is 0 Å². The van der Waals surface area contributed by atoms with Crippen LogP contribution >= 0.6 is 0 Å². The molecule has 1 aliphatic carbocycles. The standard InChI is InChI=1S/C15H24N2/c1-4-17(14-7-5-6-12(2)8-14)15(11-16)9-13(3)10-15/h5-8,13H,4,9-11,16H2,1-3H3. The third-order valence-electron chi connectivity index (χ3n) is 4.04. The average molecular weight is 232 g/mol. The summed E-state index contributed by atoms with van der Waals surface area (Å²) >= 11 is 0. The zero-order valence-electron chi connectivity index (χ0n) is 11.2. The number of nitrogens with zero attached hydrogens (tertiary/aromatic N) is 1. The summed E-state index contributed by atoms with van der Waals surface area (Å²) in [6.45, 7) is 8.49. The molecule has 2 heteroatoms. The minimum Gasteiger partial charge on any atom is -0.365 e. The number of benzene rings is 1. The zero-order chi connectivity index (χ0) is 12.5. The van der Waals surface area contributed by atoms with Crippen molar-refractivity contribution in [3.63, 3.8) is 0 Å². The van der Waals surface area contributed by atoms with E-state index in [1.54, 1.807) is 0 Å². The minimum absolute atomic E-state index is 0.210. The molecule has 1 fully saturated rings. The van der Waals surface area contributed by atoms with Gasteiger partial charge >= 0.3 is 0 Å². The molecule has 0 amide bonds. The Morgan fingerprint density at radius 3 is 2.59 bits per heavy atom. The second kappa shape index (κ2) is 4.69. The number of nitrogens with two attached hydrogens (primary N) is 1. The molecule has 2 nitrogen and oxygen atoms in total. The third kappa shape index (κ3) is 2.19. The van der Waals surface area contributed by atoms with Gasteiger partial charge < -0.3 is 10.6 Å². The summed E-state index contributed by atoms with van der Waals surface area (Å²) < 4.78 is 0. The molecule has 1 aromatic rings. The lowest BCUT2D eigenvalue weighted by Gasteiger charge is -2.54. The molecule has 2 rings (SSSR count). The van der Waals surface area contributed by atoms with Gasteiger partial charge in [0.1, 0.15) is 0 Å². The van der Waals surface area contributed by atoms with Crippen LogP contribution in [0.2, 0.25) is 0 Å². The van der Waals surface area contributed by atoms with E-state index in [4.69, 9.17) is 5.73 Å². The van der Waals surface area contributed by atoms with Gasteiger partial charge in [-0.05, 0) is 50.3 Å². The number of aryl methyl sites for hydroxylation is 1. The first-order valence-electron chi connectivity index (χ1n) is 6.65. The summed E-state index contributed by atoms with van der Waals surface area (Å²) in [5.41, 5.74) is 8.90. The van der Waals surface area contributed by atoms with E-state index in [2.05, 4.69) is 49.9 Å². The van der Waals surface area contributed by atoms with Gasteiger partial charge in [-0.3, -0.25) is 0 Å². The van der Waals surface area contributed by atoms with Crippen molar-refractivity contribution in [1.82, 2.24) is 0 Å². The fourth-order valence-electron chi connectivity index (χ4n) is 3.32. The molecule has 0 bridgehead atoms. The SMILES string of the molecule is CCN(c1cccc(C)c1)C1(CN)CC(C)C1. The van der Waals surface area contributed by atoms with Crippen LogP contribution in [0.3, 0.4) is 0 Å². The maximum atomic E-state index is 6.04. The van der Waals surface area contributed by atoms with Crippen LogP contribution in [0, 0.1) is 12.8 Å². The van der Waals surface area contributed by atoms with Crippen molar-refractivity contribution in [1.29, 1.82) is 0 Å². The Labute approximate surface area is 105 Å². The van der Waals surface area contributed by atoms with Crippen LogP contribution in [0.15, 0.2) is 24.3 Å². The Morgan fingerprint density at radius 1 is 1.41 bits per heavy atom. The van der Waals surface area contributed by atoms with Crippen LogP contribution in [0.25, 0.3) is 0 Å². The third-order valence-corrected chi connectivity index (χ3v) is 4.04. The van der Waals surface area contributed by atoms with Gasteiger partial charge in [0, 0.05) is 18.8 Å². The Bertz CT molecular complexity index is 380. The molecule has 0 unspecified atom stereocenters. The molecule has 1 aromatic carbocycles. The van der Waals surface area contributed by atoms with E-state index >= 15 is 0 Å². The van der Waals surface area contributed by atoms with Crippen molar-refractivity contribution in [2.75, 3.05) is 18.0 Å². The Balaban J connectivity index is 2.27. The van der Waals surface area contributed by atoms with Gasteiger partial charge in [-0.2, -0.15) is 0 Å². The Kier molecular flexibility index (Phi) is 3.43. The molecule has 0 aromatic heterocycles. The molecule has 0 aliphatic heterocycles. The molecular formula is C15H24N2. The second-order valence-electron chi connectivity index (χ2n) is 5.53. The van der Waals surface area contributed by atoms with Crippen LogP contribution in [-0.2, 0) is 0 Å². The average Bonchev–Trinajstić information content (AvgIpc) is 2.27. The van der Waals surface area contributed by atoms with E-state index in [0.29, 0.717) is 0 Å². The second-order valence-corrected chi connectivity index (χ2v) is 5.53. The van der Waals surface area contributed by atoms with Crippen LogP contribution in [0.1, 0.15) is 32.3 Å². The summed E-state index contributed by atoms with van der Waals surface area (Å²) in [6, 6.07) is 8.76. The maximum absolute atomic E-state index is 6.04. The quantitative estimate of drug-likeness (QED) is 0.865. The largest absolute Gasteiger partial charge is 0.365 e. The topological polar surface area (TPSA) is 29.3 Å². The van der Waals surface area contributed by atoms with E-state index in [1.807, 2.05) is 0 Å². The van der Waals surface area contributed by atoms with Gasteiger partial charge in [0.15, 0.2) is 0 Å². The van der Waals surface area contributed by atoms with E-state index in [1.165, 1.54) is 24.1 Å². The van der Waals surface area contributed by atoms with Crippen molar-refractivity contribution in [2.45, 2.75) is 39.2 Å². The van der Waals surface area contributed by atoms with Gasteiger partial charge in [-0.15, -0.1) is 0 Å². The Morgan fingerprint density at radius 2 is 2.12 bits per heavy atom. The van der Waals surface area contributed by atoms with Crippen molar-refractivity contribution >= 4 is 5.69 Å². The van der Waals surface area contributed by atoms with Crippen molar-refractivity contribution < 1.29 is 0 Å². The lowest BCUT2D eigenvalue weighted by molar-refractivity contribution is 0.158. The molecule has 0 spiro atoms. The normalized spacial score (nSPS) is 27.6. The molecule has 0 radical (unpaired) electrons. The summed E-state index contributed by atoms with van der Waals surface area (Å²) in [6.07, 6.45) is 2.45. The van der Waals surface area contributed by atoms with Crippen LogP contribution in [-0.4, -0.2) is 18.6 Å². The molecule has 1 saturated carbocycles. The molecule has 17 heavy (non-hydrogen) atoms. The highest BCUT2D eigenvalue weighted by molar-refractivity contribution is 5.52. The lowest BCUT2D eigenvalue weighted by atomic mass is 9.68. The molecule has 0 heterocycles. The number of anilines is 1. The van der Waals surface area contributed by atoms with Crippen molar-refractivity contribution in [3.8, 4) is 0 Å². The fraction of sp³-hybridized carbons (Fsp3) is 0.600. The summed E-state index contributed by atoms with van der Waals surface area (Å²) in [7, 11) is 0. The number of rotatable bonds is 4. The van der Waals surface area contributed by atoms with Crippen LogP contribution in [0.4, 0.5) is 5.69 Å². The fourth-order valence-corrected chi connectivity index (χ4v) is 3.32. The number of hydrogen-bond donors (Lipinski definition) is 1. The number of likely N-dealkylation sites (N-methyl/N-ethyl adjacent to an activating group) is 1. The minimum atomic E-state index is 0.210. The van der Waals surface area contributed by atoms with Gasteiger partial charge in [0.25, 0.3) is 0 Å². The monoisotopic (exact) mass is 232 g/mol. The summed E-state index contributed by atoms with van der Waals surface area (Å²) in [5.74, 6) is 0.817. The van der Waals surface area contributed by atoms with E-state index in [9.17, 15) is 0 Å². The first-order chi connectivity index (χ1) is 8.11. The van der Waals surface area contributed by atoms with E-state index in [-0.39, 0.29) is 5.54 Å². The van der Waals surface area contributed by atoms with Gasteiger partial charge in [0.05, 0.1) is 5.54 Å². The molecule has 2 N–H and O–H groups in total. The first kappa shape index (κ1) is 12.4. The summed E-state index contributed by atoms with van der Waals surface area (Å²) in [5, 5.41) is 0. The van der Waals surface area contributed by atoms with E-state index in [0.717, 1.165) is 19.0 Å². The van der Waals surface area contributed by atoms with Crippen molar-refractivity contribution in [2.24, 2.45) is 11.7 Å². The molecule has 0 saturated heterocycles. The highest BCUT2D eigenvalue weighted by atomic mass is 15.2. The highest BCUT2D eigenvalue weighted by Gasteiger charge is 2.45. The lowest BCUT2D eigenvalue weighted by Crippen LogP contribution is -2.61. The van der Waals surface area contributed by atoms with Crippen molar-refractivity contribution in [3.05, 3.63) is 29.8 Å². The maximum Gasteiger partial charge on any atom is 0.0529 e. The molecular weight excluding hydrogens is 208 g/mol. The zero-order valence-corrected chi connectivity index (χ0v) is 11.2. The first-order valence-corrected chi connectivity index (χ1v) is 6.65. The summed E-state index contributed by atoms with van der Waals surface area (Å²) in [4.78, 5) is 2.50.